The molecule has 4 nitrogen and oxygen atoms in total. The van der Waals surface area contributed by atoms with Crippen molar-refractivity contribution in [1.82, 2.24) is 4.90 Å². The van der Waals surface area contributed by atoms with Gasteiger partial charge >= 0.3 is 5.97 Å². The van der Waals surface area contributed by atoms with E-state index in [4.69, 9.17) is 5.11 Å². The molecule has 0 radical (unpaired) electrons. The molecule has 0 aliphatic carbocycles. The number of amides is 1. The van der Waals surface area contributed by atoms with Crippen LogP contribution in [0, 0.1) is 5.92 Å². The lowest BCUT2D eigenvalue weighted by Crippen LogP contribution is -2.34. The minimum Gasteiger partial charge on any atom is -0.481 e. The molecule has 108 valence electrons. The summed E-state index contributed by atoms with van der Waals surface area (Å²) in [6.07, 6.45) is 0.968. The Bertz CT molecular complexity index is 496. The average molecular weight is 275 g/mol. The van der Waals surface area contributed by atoms with Crippen LogP contribution >= 0.6 is 0 Å². The molecular formula is C16H21NO3. The highest BCUT2D eigenvalue weighted by molar-refractivity contribution is 5.80. The van der Waals surface area contributed by atoms with Crippen LogP contribution in [-0.2, 0) is 15.0 Å². The van der Waals surface area contributed by atoms with Gasteiger partial charge in [0.15, 0.2) is 0 Å². The summed E-state index contributed by atoms with van der Waals surface area (Å²) in [5, 5.41) is 8.99. The van der Waals surface area contributed by atoms with Gasteiger partial charge in [-0.05, 0) is 17.4 Å². The number of aliphatic carboxylic acids is 1. The number of benzene rings is 1. The Morgan fingerprint density at radius 2 is 1.95 bits per heavy atom. The predicted octanol–water partition coefficient (Wildman–Crippen LogP) is 2.29. The molecule has 1 aromatic rings. The van der Waals surface area contributed by atoms with Gasteiger partial charge in [0.1, 0.15) is 0 Å². The summed E-state index contributed by atoms with van der Waals surface area (Å²) in [5.74, 6) is -1.16. The van der Waals surface area contributed by atoms with E-state index in [0.717, 1.165) is 5.56 Å². The van der Waals surface area contributed by atoms with E-state index >= 15 is 0 Å². The van der Waals surface area contributed by atoms with Crippen LogP contribution in [0.15, 0.2) is 30.3 Å². The minimum absolute atomic E-state index is 0.0441. The van der Waals surface area contributed by atoms with E-state index in [1.165, 1.54) is 0 Å². The van der Waals surface area contributed by atoms with Gasteiger partial charge in [-0.3, -0.25) is 9.59 Å². The summed E-state index contributed by atoms with van der Waals surface area (Å²) in [6, 6.07) is 9.95. The van der Waals surface area contributed by atoms with E-state index in [2.05, 4.69) is 0 Å². The van der Waals surface area contributed by atoms with E-state index in [1.54, 1.807) is 4.90 Å². The van der Waals surface area contributed by atoms with Crippen molar-refractivity contribution in [2.45, 2.75) is 32.1 Å². The van der Waals surface area contributed by atoms with Crippen molar-refractivity contribution in [1.29, 1.82) is 0 Å². The number of hydrogen-bond donors (Lipinski definition) is 1. The fraction of sp³-hybridized carbons (Fsp3) is 0.500. The summed E-state index contributed by atoms with van der Waals surface area (Å²) in [4.78, 5) is 25.0. The van der Waals surface area contributed by atoms with Crippen molar-refractivity contribution < 1.29 is 14.7 Å². The SMILES string of the molecule is CC(C)(CC(=O)N1CCC(C(=O)O)C1)c1ccccc1. The average Bonchev–Trinajstić information content (AvgIpc) is 2.89. The molecule has 1 aliphatic rings. The van der Waals surface area contributed by atoms with Crippen LogP contribution in [0.1, 0.15) is 32.3 Å². The van der Waals surface area contributed by atoms with Crippen LogP contribution < -0.4 is 0 Å². The van der Waals surface area contributed by atoms with Gasteiger partial charge in [0.25, 0.3) is 0 Å². The summed E-state index contributed by atoms with van der Waals surface area (Å²) in [7, 11) is 0. The van der Waals surface area contributed by atoms with Crippen molar-refractivity contribution in [3.63, 3.8) is 0 Å². The Kier molecular flexibility index (Phi) is 4.12. The number of carboxylic acid groups (broad SMARTS) is 1. The quantitative estimate of drug-likeness (QED) is 0.917. The molecule has 0 aromatic heterocycles. The molecule has 2 rings (SSSR count). The predicted molar refractivity (Wildman–Crippen MR) is 76.4 cm³/mol. The first-order valence-corrected chi connectivity index (χ1v) is 6.96. The maximum absolute atomic E-state index is 12.3. The monoisotopic (exact) mass is 275 g/mol. The molecule has 4 heteroatoms. The summed E-state index contributed by atoms with van der Waals surface area (Å²) in [6.45, 7) is 5.00. The van der Waals surface area contributed by atoms with Gasteiger partial charge in [0, 0.05) is 19.5 Å². The molecule has 1 atom stereocenters. The third-order valence-electron chi connectivity index (χ3n) is 4.04. The second kappa shape index (κ2) is 5.65. The number of carboxylic acids is 1. The van der Waals surface area contributed by atoms with Gasteiger partial charge in [-0.15, -0.1) is 0 Å². The Hall–Kier alpha value is -1.84. The Labute approximate surface area is 119 Å². The van der Waals surface area contributed by atoms with Gasteiger partial charge < -0.3 is 10.0 Å². The minimum atomic E-state index is -0.803. The number of carbonyl (C=O) groups is 2. The van der Waals surface area contributed by atoms with E-state index in [9.17, 15) is 9.59 Å². The molecule has 0 spiro atoms. The first-order chi connectivity index (χ1) is 9.40. The zero-order valence-electron chi connectivity index (χ0n) is 12.0. The molecule has 1 aromatic carbocycles. The van der Waals surface area contributed by atoms with Crippen molar-refractivity contribution in [2.75, 3.05) is 13.1 Å². The van der Waals surface area contributed by atoms with Crippen LogP contribution in [0.4, 0.5) is 0 Å². The smallest absolute Gasteiger partial charge is 0.308 e. The molecule has 1 amide bonds. The lowest BCUT2D eigenvalue weighted by molar-refractivity contribution is -0.141. The largest absolute Gasteiger partial charge is 0.481 e. The maximum atomic E-state index is 12.3. The van der Waals surface area contributed by atoms with Gasteiger partial charge in [-0.25, -0.2) is 0 Å². The van der Waals surface area contributed by atoms with Crippen molar-refractivity contribution >= 4 is 11.9 Å². The van der Waals surface area contributed by atoms with E-state index in [-0.39, 0.29) is 11.3 Å². The number of rotatable bonds is 4. The van der Waals surface area contributed by atoms with Crippen LogP contribution in [-0.4, -0.2) is 35.0 Å². The molecule has 1 N–H and O–H groups in total. The highest BCUT2D eigenvalue weighted by atomic mass is 16.4. The highest BCUT2D eigenvalue weighted by Gasteiger charge is 2.33. The molecule has 20 heavy (non-hydrogen) atoms. The molecular weight excluding hydrogens is 254 g/mol. The fourth-order valence-corrected chi connectivity index (χ4v) is 2.67. The molecule has 1 saturated heterocycles. The number of likely N-dealkylation sites (tertiary alicyclic amines) is 1. The van der Waals surface area contributed by atoms with E-state index in [0.29, 0.717) is 25.9 Å². The van der Waals surface area contributed by atoms with Gasteiger partial charge in [-0.2, -0.15) is 0 Å². The number of hydrogen-bond acceptors (Lipinski definition) is 2. The normalized spacial score (nSPS) is 19.1. The summed E-state index contributed by atoms with van der Waals surface area (Å²) < 4.78 is 0. The first kappa shape index (κ1) is 14.6. The number of carbonyl (C=O) groups excluding carboxylic acids is 1. The molecule has 1 unspecified atom stereocenters. The van der Waals surface area contributed by atoms with E-state index in [1.807, 2.05) is 44.2 Å². The van der Waals surface area contributed by atoms with Crippen LogP contribution in [0.3, 0.4) is 0 Å². The van der Waals surface area contributed by atoms with E-state index < -0.39 is 11.9 Å². The zero-order valence-corrected chi connectivity index (χ0v) is 12.0. The van der Waals surface area contributed by atoms with Crippen LogP contribution in [0.25, 0.3) is 0 Å². The number of nitrogens with zero attached hydrogens (tertiary/aromatic N) is 1. The lowest BCUT2D eigenvalue weighted by atomic mass is 9.81. The van der Waals surface area contributed by atoms with Crippen molar-refractivity contribution in [3.05, 3.63) is 35.9 Å². The third kappa shape index (κ3) is 3.18. The molecule has 1 heterocycles. The first-order valence-electron chi connectivity index (χ1n) is 6.96. The second-order valence-corrected chi connectivity index (χ2v) is 6.09. The Balaban J connectivity index is 2.00. The standard InChI is InChI=1S/C16H21NO3/c1-16(2,13-6-4-3-5-7-13)10-14(18)17-9-8-12(11-17)15(19)20/h3-7,12H,8-11H2,1-2H3,(H,19,20). The highest BCUT2D eigenvalue weighted by Crippen LogP contribution is 2.28. The second-order valence-electron chi connectivity index (χ2n) is 6.09. The molecule has 0 saturated carbocycles. The Morgan fingerprint density at radius 1 is 1.30 bits per heavy atom. The lowest BCUT2D eigenvalue weighted by Gasteiger charge is -2.27. The summed E-state index contributed by atoms with van der Waals surface area (Å²) in [5.41, 5.74) is 0.891. The van der Waals surface area contributed by atoms with Crippen LogP contribution in [0.5, 0.6) is 0 Å². The van der Waals surface area contributed by atoms with Gasteiger partial charge in [0.2, 0.25) is 5.91 Å². The fourth-order valence-electron chi connectivity index (χ4n) is 2.67. The van der Waals surface area contributed by atoms with Crippen molar-refractivity contribution in [2.24, 2.45) is 5.92 Å². The topological polar surface area (TPSA) is 57.6 Å². The van der Waals surface area contributed by atoms with Crippen molar-refractivity contribution in [3.8, 4) is 0 Å². The zero-order chi connectivity index (χ0) is 14.8. The summed E-state index contributed by atoms with van der Waals surface area (Å²) >= 11 is 0. The molecule has 0 bridgehead atoms. The van der Waals surface area contributed by atoms with Gasteiger partial charge in [-0.1, -0.05) is 44.2 Å². The Morgan fingerprint density at radius 3 is 2.50 bits per heavy atom. The third-order valence-corrected chi connectivity index (χ3v) is 4.04. The maximum Gasteiger partial charge on any atom is 0.308 e. The molecule has 1 fully saturated rings. The van der Waals surface area contributed by atoms with Gasteiger partial charge in [0.05, 0.1) is 5.92 Å². The van der Waals surface area contributed by atoms with Crippen LogP contribution in [0.2, 0.25) is 0 Å². The molecule has 1 aliphatic heterocycles.